The van der Waals surface area contributed by atoms with Crippen LogP contribution in [-0.4, -0.2) is 38.1 Å². The maximum absolute atomic E-state index is 13.8. The second kappa shape index (κ2) is 12.9. The van der Waals surface area contributed by atoms with Gasteiger partial charge in [-0.3, -0.25) is 0 Å². The van der Waals surface area contributed by atoms with Gasteiger partial charge in [-0.05, 0) is 85.6 Å². The molecule has 0 fully saturated rings. The molecule has 0 amide bonds. The van der Waals surface area contributed by atoms with E-state index in [1.165, 1.54) is 0 Å². The third-order valence-electron chi connectivity index (χ3n) is 7.59. The highest BCUT2D eigenvalue weighted by Gasteiger charge is 2.47. The number of fused-ring (bicyclic) bond motifs is 2. The minimum atomic E-state index is -1.68. The van der Waals surface area contributed by atoms with Crippen LogP contribution in [0.2, 0.25) is 10.0 Å². The highest BCUT2D eigenvalue weighted by Crippen LogP contribution is 2.37. The third-order valence-corrected chi connectivity index (χ3v) is 8.09. The molecule has 0 saturated carbocycles. The Labute approximate surface area is 265 Å². The van der Waals surface area contributed by atoms with Gasteiger partial charge in [-0.25, -0.2) is 9.59 Å². The zero-order chi connectivity index (χ0) is 30.6. The topological polar surface area (TPSA) is 95.1 Å². The van der Waals surface area contributed by atoms with E-state index in [4.69, 9.17) is 42.1 Å². The number of nitrogens with one attached hydrogen (secondary N) is 2. The summed E-state index contributed by atoms with van der Waals surface area (Å²) in [6.07, 6.45) is 1.34. The number of ether oxygens (including phenoxy) is 4. The lowest BCUT2D eigenvalue weighted by Crippen LogP contribution is -2.50. The lowest BCUT2D eigenvalue weighted by atomic mass is 9.98. The van der Waals surface area contributed by atoms with Gasteiger partial charge in [0.25, 0.3) is 11.6 Å². The summed E-state index contributed by atoms with van der Waals surface area (Å²) in [5.74, 6) is -5.03. The Morgan fingerprint density at radius 2 is 0.955 bits per heavy atom. The van der Waals surface area contributed by atoms with Crippen molar-refractivity contribution in [3.05, 3.63) is 129 Å². The number of carbonyl (C=O) groups is 2. The predicted molar refractivity (Wildman–Crippen MR) is 166 cm³/mol. The van der Waals surface area contributed by atoms with Crippen molar-refractivity contribution in [3.63, 3.8) is 0 Å². The molecule has 2 atom stereocenters. The van der Waals surface area contributed by atoms with Gasteiger partial charge in [-0.15, -0.1) is 0 Å². The third kappa shape index (κ3) is 6.39. The Kier molecular flexibility index (Phi) is 8.77. The standard InChI is InChI=1S/C34H30Cl2N2O6/c35-25-9-13-27(14-10-25)41-33(21-37-19-17-23-5-1-3-7-29(23)33)43-31(39)32(40)44-34(42-28-15-11-26(36)12-16-28)22-38-20-18-24-6-2-4-8-30(24)34/h1-16,37-38H,17-22H2. The van der Waals surface area contributed by atoms with Crippen LogP contribution in [-0.2, 0) is 43.5 Å². The second-order valence-electron chi connectivity index (χ2n) is 10.6. The average Bonchev–Trinajstić information content (AvgIpc) is 3.32. The van der Waals surface area contributed by atoms with Gasteiger partial charge in [0.15, 0.2) is 0 Å². The van der Waals surface area contributed by atoms with E-state index in [-0.39, 0.29) is 13.1 Å². The molecule has 8 nitrogen and oxygen atoms in total. The summed E-state index contributed by atoms with van der Waals surface area (Å²) >= 11 is 12.2. The molecule has 4 aromatic carbocycles. The molecule has 0 aliphatic carbocycles. The Morgan fingerprint density at radius 1 is 0.568 bits per heavy atom. The number of hydrogen-bond acceptors (Lipinski definition) is 8. The van der Waals surface area contributed by atoms with Crippen LogP contribution >= 0.6 is 23.2 Å². The summed E-state index contributed by atoms with van der Waals surface area (Å²) in [6.45, 7) is 1.40. The molecule has 44 heavy (non-hydrogen) atoms. The van der Waals surface area contributed by atoms with E-state index in [2.05, 4.69) is 10.6 Å². The van der Waals surface area contributed by atoms with Crippen molar-refractivity contribution in [2.75, 3.05) is 26.2 Å². The van der Waals surface area contributed by atoms with Crippen LogP contribution in [0.4, 0.5) is 0 Å². The van der Waals surface area contributed by atoms with Crippen LogP contribution in [0, 0.1) is 0 Å². The Morgan fingerprint density at radius 3 is 1.36 bits per heavy atom. The first-order valence-electron chi connectivity index (χ1n) is 14.3. The van der Waals surface area contributed by atoms with Crippen LogP contribution in [0.25, 0.3) is 0 Å². The molecule has 2 heterocycles. The van der Waals surface area contributed by atoms with Crippen molar-refractivity contribution in [1.82, 2.24) is 10.6 Å². The number of esters is 2. The largest absolute Gasteiger partial charge is 0.447 e. The number of rotatable bonds is 6. The van der Waals surface area contributed by atoms with Crippen molar-refractivity contribution < 1.29 is 28.5 Å². The maximum Gasteiger partial charge on any atom is 0.421 e. The highest BCUT2D eigenvalue weighted by molar-refractivity contribution is 6.31. The van der Waals surface area contributed by atoms with E-state index in [0.717, 1.165) is 11.1 Å². The van der Waals surface area contributed by atoms with Crippen molar-refractivity contribution in [1.29, 1.82) is 0 Å². The molecule has 10 heteroatoms. The molecular formula is C34H30Cl2N2O6. The SMILES string of the molecule is O=C(OC1(Oc2ccc(Cl)cc2)CNCCc2ccccc21)C(=O)OC1(Oc2ccc(Cl)cc2)CNCCc2ccccc21. The van der Waals surface area contributed by atoms with Crippen LogP contribution in [0.5, 0.6) is 11.5 Å². The first kappa shape index (κ1) is 30.0. The zero-order valence-corrected chi connectivity index (χ0v) is 25.2. The molecule has 0 spiro atoms. The van der Waals surface area contributed by atoms with Gasteiger partial charge in [0.2, 0.25) is 0 Å². The summed E-state index contributed by atoms with van der Waals surface area (Å²) in [5, 5.41) is 7.61. The van der Waals surface area contributed by atoms with Gasteiger partial charge in [0.05, 0.1) is 13.1 Å². The smallest absolute Gasteiger partial charge is 0.421 e. The van der Waals surface area contributed by atoms with E-state index in [0.29, 0.717) is 58.6 Å². The molecule has 4 aromatic rings. The normalized spacial score (nSPS) is 21.0. The molecule has 0 aromatic heterocycles. The summed E-state index contributed by atoms with van der Waals surface area (Å²) in [6, 6.07) is 28.4. The maximum atomic E-state index is 13.8. The number of halogens is 2. The average molecular weight is 634 g/mol. The van der Waals surface area contributed by atoms with Crippen molar-refractivity contribution in [2.45, 2.75) is 24.4 Å². The minimum absolute atomic E-state index is 0.0858. The zero-order valence-electron chi connectivity index (χ0n) is 23.7. The van der Waals surface area contributed by atoms with Gasteiger partial charge in [-0.1, -0.05) is 71.7 Å². The summed E-state index contributed by atoms with van der Waals surface area (Å²) in [5.41, 5.74) is 3.07. The molecule has 2 aliphatic heterocycles. The van der Waals surface area contributed by atoms with Crippen LogP contribution in [0.3, 0.4) is 0 Å². The van der Waals surface area contributed by atoms with Gasteiger partial charge in [0, 0.05) is 21.2 Å². The molecule has 0 saturated heterocycles. The Hall–Kier alpha value is -4.08. The van der Waals surface area contributed by atoms with Crippen LogP contribution in [0.1, 0.15) is 22.3 Å². The lowest BCUT2D eigenvalue weighted by Gasteiger charge is -2.36. The highest BCUT2D eigenvalue weighted by atomic mass is 35.5. The monoisotopic (exact) mass is 632 g/mol. The van der Waals surface area contributed by atoms with Crippen LogP contribution in [0.15, 0.2) is 97.1 Å². The van der Waals surface area contributed by atoms with E-state index in [1.807, 2.05) is 48.5 Å². The number of carbonyl (C=O) groups excluding carboxylic acids is 2. The van der Waals surface area contributed by atoms with E-state index in [9.17, 15) is 9.59 Å². The molecule has 2 unspecified atom stereocenters. The van der Waals surface area contributed by atoms with Crippen molar-refractivity contribution in [3.8, 4) is 11.5 Å². The fourth-order valence-electron chi connectivity index (χ4n) is 5.54. The Balaban J connectivity index is 1.35. The molecule has 0 radical (unpaired) electrons. The van der Waals surface area contributed by atoms with Gasteiger partial charge in [-0.2, -0.15) is 0 Å². The number of hydrogen-bond donors (Lipinski definition) is 2. The molecule has 6 rings (SSSR count). The molecule has 226 valence electrons. The Bertz CT molecular complexity index is 1530. The summed E-state index contributed by atoms with van der Waals surface area (Å²) in [7, 11) is 0. The summed E-state index contributed by atoms with van der Waals surface area (Å²) < 4.78 is 24.8. The quantitative estimate of drug-likeness (QED) is 0.163. The van der Waals surface area contributed by atoms with Crippen LogP contribution < -0.4 is 20.1 Å². The molecule has 2 aliphatic rings. The van der Waals surface area contributed by atoms with Gasteiger partial charge >= 0.3 is 11.9 Å². The van der Waals surface area contributed by atoms with E-state index in [1.54, 1.807) is 48.5 Å². The predicted octanol–water partition coefficient (Wildman–Crippen LogP) is 5.54. The molecule has 2 N–H and O–H groups in total. The fraction of sp³-hybridized carbons (Fsp3) is 0.235. The van der Waals surface area contributed by atoms with Crippen molar-refractivity contribution >= 4 is 35.1 Å². The van der Waals surface area contributed by atoms with E-state index >= 15 is 0 Å². The van der Waals surface area contributed by atoms with E-state index < -0.39 is 23.5 Å². The van der Waals surface area contributed by atoms with Crippen molar-refractivity contribution in [2.24, 2.45) is 0 Å². The number of benzene rings is 4. The first-order valence-corrected chi connectivity index (χ1v) is 15.1. The lowest BCUT2D eigenvalue weighted by molar-refractivity contribution is -0.226. The summed E-state index contributed by atoms with van der Waals surface area (Å²) in [4.78, 5) is 27.5. The van der Waals surface area contributed by atoms with Gasteiger partial charge in [0.1, 0.15) is 11.5 Å². The second-order valence-corrected chi connectivity index (χ2v) is 11.4. The van der Waals surface area contributed by atoms with Gasteiger partial charge < -0.3 is 29.6 Å². The molecule has 0 bridgehead atoms. The first-order chi connectivity index (χ1) is 21.4. The molecular weight excluding hydrogens is 603 g/mol. The fourth-order valence-corrected chi connectivity index (χ4v) is 5.79. The minimum Gasteiger partial charge on any atom is -0.447 e.